The second-order valence-electron chi connectivity index (χ2n) is 4.81. The molecule has 120 valence electrons. The van der Waals surface area contributed by atoms with Gasteiger partial charge in [-0.15, -0.1) is 0 Å². The van der Waals surface area contributed by atoms with Gasteiger partial charge in [0.25, 0.3) is 0 Å². The Morgan fingerprint density at radius 1 is 1.25 bits per heavy atom. The molecule has 0 aliphatic rings. The molecule has 1 amide bonds. The van der Waals surface area contributed by atoms with Crippen molar-refractivity contribution in [2.75, 3.05) is 5.75 Å². The lowest BCUT2D eigenvalue weighted by Gasteiger charge is -2.02. The average molecular weight is 357 g/mol. The predicted molar refractivity (Wildman–Crippen MR) is 97.5 cm³/mol. The van der Waals surface area contributed by atoms with E-state index in [1.165, 1.54) is 18.0 Å². The smallest absolute Gasteiger partial charge is 0.250 e. The monoisotopic (exact) mass is 356 g/mol. The summed E-state index contributed by atoms with van der Waals surface area (Å²) in [4.78, 5) is 20.2. The summed E-state index contributed by atoms with van der Waals surface area (Å²) in [7, 11) is 0. The summed E-state index contributed by atoms with van der Waals surface area (Å²) in [6.45, 7) is 0. The second kappa shape index (κ2) is 7.90. The van der Waals surface area contributed by atoms with Crippen molar-refractivity contribution in [3.63, 3.8) is 0 Å². The van der Waals surface area contributed by atoms with Crippen LogP contribution in [0.2, 0.25) is 5.15 Å². The summed E-state index contributed by atoms with van der Waals surface area (Å²) in [5.74, 6) is 0.0182. The molecule has 0 radical (unpaired) electrons. The molecule has 0 atom stereocenters. The molecule has 2 aromatic heterocycles. The maximum Gasteiger partial charge on any atom is 0.250 e. The number of carbonyl (C=O) groups excluding carboxylic acids is 1. The van der Waals surface area contributed by atoms with Crippen LogP contribution < -0.4 is 5.43 Å². The van der Waals surface area contributed by atoms with E-state index < -0.39 is 0 Å². The normalized spacial score (nSPS) is 11.0. The summed E-state index contributed by atoms with van der Waals surface area (Å²) in [6, 6.07) is 15.1. The van der Waals surface area contributed by atoms with Crippen molar-refractivity contribution in [1.82, 2.24) is 15.4 Å². The fourth-order valence-corrected chi connectivity index (χ4v) is 2.83. The van der Waals surface area contributed by atoms with Crippen molar-refractivity contribution in [2.45, 2.75) is 5.03 Å². The molecule has 24 heavy (non-hydrogen) atoms. The van der Waals surface area contributed by atoms with Crippen molar-refractivity contribution in [2.24, 2.45) is 5.10 Å². The van der Waals surface area contributed by atoms with Gasteiger partial charge in [-0.05, 0) is 24.3 Å². The summed E-state index contributed by atoms with van der Waals surface area (Å²) in [5, 5.41) is 6.03. The molecule has 0 saturated heterocycles. The minimum atomic E-state index is -0.216. The van der Waals surface area contributed by atoms with Crippen LogP contribution >= 0.6 is 23.4 Å². The third-order valence-electron chi connectivity index (χ3n) is 3.09. The van der Waals surface area contributed by atoms with Crippen LogP contribution in [0.5, 0.6) is 0 Å². The van der Waals surface area contributed by atoms with E-state index in [-0.39, 0.29) is 11.7 Å². The molecular formula is C17H13ClN4OS. The van der Waals surface area contributed by atoms with Gasteiger partial charge in [0.1, 0.15) is 5.15 Å². The second-order valence-corrected chi connectivity index (χ2v) is 6.16. The van der Waals surface area contributed by atoms with E-state index in [1.54, 1.807) is 6.20 Å². The lowest BCUT2D eigenvalue weighted by atomic mass is 10.2. The first kappa shape index (κ1) is 16.4. The van der Waals surface area contributed by atoms with Gasteiger partial charge in [-0.2, -0.15) is 5.10 Å². The van der Waals surface area contributed by atoms with Crippen LogP contribution in [0.4, 0.5) is 0 Å². The number of rotatable bonds is 5. The molecule has 2 heterocycles. The number of nitrogens with one attached hydrogen (secondary N) is 1. The van der Waals surface area contributed by atoms with Crippen LogP contribution in [0.1, 0.15) is 5.56 Å². The third kappa shape index (κ3) is 4.31. The van der Waals surface area contributed by atoms with Gasteiger partial charge in [0.15, 0.2) is 0 Å². The predicted octanol–water partition coefficient (Wildman–Crippen LogP) is 3.53. The van der Waals surface area contributed by atoms with Gasteiger partial charge < -0.3 is 0 Å². The topological polar surface area (TPSA) is 67.2 Å². The molecule has 1 N–H and O–H groups in total. The highest BCUT2D eigenvalue weighted by molar-refractivity contribution is 7.99. The van der Waals surface area contributed by atoms with Crippen molar-refractivity contribution >= 4 is 46.4 Å². The van der Waals surface area contributed by atoms with Gasteiger partial charge in [-0.3, -0.25) is 4.79 Å². The highest BCUT2D eigenvalue weighted by atomic mass is 35.5. The number of benzene rings is 1. The van der Waals surface area contributed by atoms with Crippen LogP contribution in [-0.4, -0.2) is 27.8 Å². The molecule has 0 bridgehead atoms. The molecule has 0 spiro atoms. The Labute approximate surface area is 148 Å². The van der Waals surface area contributed by atoms with Crippen molar-refractivity contribution < 1.29 is 4.79 Å². The van der Waals surface area contributed by atoms with E-state index in [9.17, 15) is 4.79 Å². The number of hydrogen-bond donors (Lipinski definition) is 1. The summed E-state index contributed by atoms with van der Waals surface area (Å²) >= 11 is 7.48. The van der Waals surface area contributed by atoms with Crippen LogP contribution in [0, 0.1) is 0 Å². The zero-order valence-electron chi connectivity index (χ0n) is 12.5. The summed E-state index contributed by atoms with van der Waals surface area (Å²) in [6.07, 6.45) is 3.18. The van der Waals surface area contributed by atoms with E-state index in [2.05, 4.69) is 20.5 Å². The molecule has 0 aliphatic heterocycles. The van der Waals surface area contributed by atoms with Crippen molar-refractivity contribution in [1.29, 1.82) is 0 Å². The van der Waals surface area contributed by atoms with E-state index in [4.69, 9.17) is 11.6 Å². The minimum Gasteiger partial charge on any atom is -0.272 e. The number of pyridine rings is 2. The maximum atomic E-state index is 11.8. The van der Waals surface area contributed by atoms with Crippen molar-refractivity contribution in [3.8, 4) is 0 Å². The third-order valence-corrected chi connectivity index (χ3v) is 4.33. The first-order valence-corrected chi connectivity index (χ1v) is 8.50. The van der Waals surface area contributed by atoms with Crippen LogP contribution in [0.15, 0.2) is 64.9 Å². The number of para-hydroxylation sites is 1. The Hall–Kier alpha value is -2.44. The number of carbonyl (C=O) groups is 1. The molecule has 5 nitrogen and oxygen atoms in total. The van der Waals surface area contributed by atoms with Gasteiger partial charge in [-0.1, -0.05) is 47.6 Å². The Balaban J connectivity index is 1.59. The van der Waals surface area contributed by atoms with E-state index >= 15 is 0 Å². The van der Waals surface area contributed by atoms with E-state index in [0.717, 1.165) is 15.9 Å². The summed E-state index contributed by atoms with van der Waals surface area (Å²) < 4.78 is 0. The zero-order chi connectivity index (χ0) is 16.8. The van der Waals surface area contributed by atoms with Crippen LogP contribution in [-0.2, 0) is 4.79 Å². The number of hydrazone groups is 1. The first-order chi connectivity index (χ1) is 11.7. The van der Waals surface area contributed by atoms with Gasteiger partial charge in [0, 0.05) is 17.1 Å². The molecule has 0 fully saturated rings. The number of fused-ring (bicyclic) bond motifs is 1. The quantitative estimate of drug-likeness (QED) is 0.329. The number of thioether (sulfide) groups is 1. The fourth-order valence-electron chi connectivity index (χ4n) is 1.98. The summed E-state index contributed by atoms with van der Waals surface area (Å²) in [5.41, 5.74) is 3.93. The molecule has 7 heteroatoms. The molecule has 0 unspecified atom stereocenters. The minimum absolute atomic E-state index is 0.216. The van der Waals surface area contributed by atoms with Crippen LogP contribution in [0.3, 0.4) is 0 Å². The molecule has 1 aromatic carbocycles. The fraction of sp³-hybridized carbons (Fsp3) is 0.0588. The largest absolute Gasteiger partial charge is 0.272 e. The number of halogens is 1. The number of aromatic nitrogens is 2. The number of amides is 1. The zero-order valence-corrected chi connectivity index (χ0v) is 14.1. The Morgan fingerprint density at radius 3 is 2.92 bits per heavy atom. The average Bonchev–Trinajstić information content (AvgIpc) is 2.61. The van der Waals surface area contributed by atoms with E-state index in [0.29, 0.717) is 10.7 Å². The van der Waals surface area contributed by atoms with Gasteiger partial charge in [0.2, 0.25) is 5.91 Å². The van der Waals surface area contributed by atoms with E-state index in [1.807, 2.05) is 48.5 Å². The Bertz CT molecular complexity index is 886. The standard InChI is InChI=1S/C17H13ClN4OS/c18-17-13(9-12-5-1-2-6-14(12)21-17)10-20-22-15(23)11-24-16-7-3-4-8-19-16/h1-10H,11H2,(H,22,23)/b20-10+. The molecular weight excluding hydrogens is 344 g/mol. The lowest BCUT2D eigenvalue weighted by Crippen LogP contribution is -2.19. The molecule has 3 aromatic rings. The van der Waals surface area contributed by atoms with Gasteiger partial charge in [0.05, 0.1) is 22.5 Å². The highest BCUT2D eigenvalue weighted by Crippen LogP contribution is 2.19. The molecule has 0 saturated carbocycles. The first-order valence-electron chi connectivity index (χ1n) is 7.13. The van der Waals surface area contributed by atoms with Gasteiger partial charge in [-0.25, -0.2) is 15.4 Å². The maximum absolute atomic E-state index is 11.8. The van der Waals surface area contributed by atoms with Crippen LogP contribution in [0.25, 0.3) is 10.9 Å². The molecule has 0 aliphatic carbocycles. The Morgan fingerprint density at radius 2 is 2.08 bits per heavy atom. The Kier molecular flexibility index (Phi) is 5.40. The number of hydrogen-bond acceptors (Lipinski definition) is 5. The number of nitrogens with zero attached hydrogens (tertiary/aromatic N) is 3. The SMILES string of the molecule is O=C(CSc1ccccn1)N/N=C/c1cc2ccccc2nc1Cl. The molecule has 3 rings (SSSR count). The van der Waals surface area contributed by atoms with Crippen molar-refractivity contribution in [3.05, 3.63) is 65.4 Å². The lowest BCUT2D eigenvalue weighted by molar-refractivity contribution is -0.118. The van der Waals surface area contributed by atoms with Gasteiger partial charge >= 0.3 is 0 Å². The highest BCUT2D eigenvalue weighted by Gasteiger charge is 2.04.